The minimum absolute atomic E-state index is 0.358. The number of carbonyl (C=O) groups excluding carboxylic acids is 1. The fourth-order valence-electron chi connectivity index (χ4n) is 1.89. The number of rotatable bonds is 6. The van der Waals surface area contributed by atoms with Crippen LogP contribution in [0.5, 0.6) is 0 Å². The Morgan fingerprint density at radius 1 is 1.36 bits per heavy atom. The zero-order valence-electron chi connectivity index (χ0n) is 11.2. The largest absolute Gasteiger partial charge is 0.386 e. The number of amides is 1. The number of nitrogens with one attached hydrogen (secondary N) is 1. The molecule has 8 heteroatoms. The molecule has 2 N–H and O–H groups in total. The fourth-order valence-corrected chi connectivity index (χ4v) is 1.95. The van der Waals surface area contributed by atoms with Crippen molar-refractivity contribution in [2.75, 3.05) is 6.67 Å². The maximum absolute atomic E-state index is 13.0. The molecule has 0 radical (unpaired) electrons. The number of nitrogens with zero attached hydrogens (tertiary/aromatic N) is 1. The lowest BCUT2D eigenvalue weighted by molar-refractivity contribution is -0.125. The number of alkyl halides is 3. The van der Waals surface area contributed by atoms with Gasteiger partial charge in [0.1, 0.15) is 12.8 Å². The molecule has 0 spiro atoms. The summed E-state index contributed by atoms with van der Waals surface area (Å²) in [5, 5.41) is 15.7. The van der Waals surface area contributed by atoms with Crippen molar-refractivity contribution in [3.63, 3.8) is 0 Å². The van der Waals surface area contributed by atoms with Crippen LogP contribution in [0.4, 0.5) is 8.78 Å². The molecular weight excluding hydrogens is 318 g/mol. The van der Waals surface area contributed by atoms with Gasteiger partial charge in [-0.25, -0.2) is 8.78 Å². The third kappa shape index (κ3) is 3.80. The second-order valence-electron chi connectivity index (χ2n) is 4.51. The maximum Gasteiger partial charge on any atom is 0.270 e. The van der Waals surface area contributed by atoms with Crippen LogP contribution in [0.15, 0.2) is 41.1 Å². The van der Waals surface area contributed by atoms with Gasteiger partial charge in [0.25, 0.3) is 11.5 Å². The first-order valence-corrected chi connectivity index (χ1v) is 6.80. The van der Waals surface area contributed by atoms with Gasteiger partial charge in [0.05, 0.1) is 12.2 Å². The van der Waals surface area contributed by atoms with Gasteiger partial charge in [-0.15, -0.1) is 0 Å². The molecule has 22 heavy (non-hydrogen) atoms. The van der Waals surface area contributed by atoms with Crippen LogP contribution in [0, 0.1) is 0 Å². The van der Waals surface area contributed by atoms with Crippen LogP contribution in [0.1, 0.15) is 11.7 Å². The van der Waals surface area contributed by atoms with Crippen molar-refractivity contribution in [2.24, 2.45) is 0 Å². The van der Waals surface area contributed by atoms with E-state index in [1.54, 1.807) is 30.3 Å². The quantitative estimate of drug-likeness (QED) is 0.797. The van der Waals surface area contributed by atoms with Crippen molar-refractivity contribution in [1.29, 1.82) is 0 Å². The Bertz CT molecular complexity index is 605. The topological polar surface area (TPSA) is 75.4 Å². The third-order valence-electron chi connectivity index (χ3n) is 3.05. The molecule has 0 saturated carbocycles. The number of aliphatic hydroxyl groups excluding tert-OH is 1. The van der Waals surface area contributed by atoms with E-state index in [4.69, 9.17) is 16.1 Å². The summed E-state index contributed by atoms with van der Waals surface area (Å²) in [5.41, 5.74) is -1.22. The van der Waals surface area contributed by atoms with Crippen molar-refractivity contribution < 1.29 is 23.2 Å². The normalized spacial score (nSPS) is 15.1. The van der Waals surface area contributed by atoms with Gasteiger partial charge in [0.2, 0.25) is 0 Å². The van der Waals surface area contributed by atoms with Gasteiger partial charge in [-0.05, 0) is 5.56 Å². The first kappa shape index (κ1) is 16.4. The SMILES string of the molecule is O=C(NC(CF)C(O)c1ccc(-c2ccno2)cc1)C(F)Cl. The molecule has 1 aromatic carbocycles. The molecule has 2 aromatic rings. The van der Waals surface area contributed by atoms with E-state index in [1.807, 2.05) is 5.32 Å². The Morgan fingerprint density at radius 3 is 2.55 bits per heavy atom. The molecule has 0 aliphatic heterocycles. The molecule has 0 saturated heterocycles. The minimum Gasteiger partial charge on any atom is -0.386 e. The third-order valence-corrected chi connectivity index (χ3v) is 3.25. The van der Waals surface area contributed by atoms with Crippen LogP contribution in [0.3, 0.4) is 0 Å². The van der Waals surface area contributed by atoms with Crippen LogP contribution in [0.25, 0.3) is 11.3 Å². The Morgan fingerprint density at radius 2 is 2.05 bits per heavy atom. The lowest BCUT2D eigenvalue weighted by Crippen LogP contribution is -2.43. The zero-order chi connectivity index (χ0) is 16.1. The molecule has 0 bridgehead atoms. The van der Waals surface area contributed by atoms with Crippen molar-refractivity contribution in [1.82, 2.24) is 10.5 Å². The van der Waals surface area contributed by atoms with E-state index >= 15 is 0 Å². The molecule has 5 nitrogen and oxygen atoms in total. The smallest absolute Gasteiger partial charge is 0.270 e. The summed E-state index contributed by atoms with van der Waals surface area (Å²) in [6.45, 7) is -1.07. The van der Waals surface area contributed by atoms with Crippen molar-refractivity contribution in [2.45, 2.75) is 17.8 Å². The Kier molecular flexibility index (Phi) is 5.46. The second-order valence-corrected chi connectivity index (χ2v) is 4.90. The number of halogens is 3. The Balaban J connectivity index is 2.10. The van der Waals surface area contributed by atoms with E-state index < -0.39 is 30.4 Å². The van der Waals surface area contributed by atoms with Gasteiger partial charge in [-0.2, -0.15) is 0 Å². The molecule has 3 atom stereocenters. The standard InChI is InChI=1S/C14H13ClF2N2O3/c15-13(17)14(21)19-10(7-16)12(20)9-3-1-8(2-4-9)11-5-6-18-22-11/h1-6,10,12-13,20H,7H2,(H,19,21). The Hall–Kier alpha value is -1.99. The van der Waals surface area contributed by atoms with Crippen LogP contribution < -0.4 is 5.32 Å². The van der Waals surface area contributed by atoms with Crippen molar-refractivity contribution in [3.05, 3.63) is 42.1 Å². The highest BCUT2D eigenvalue weighted by molar-refractivity contribution is 6.29. The molecule has 1 aromatic heterocycles. The summed E-state index contributed by atoms with van der Waals surface area (Å²) in [4.78, 5) is 11.1. The van der Waals surface area contributed by atoms with Gasteiger partial charge in [0, 0.05) is 11.6 Å². The predicted molar refractivity (Wildman–Crippen MR) is 75.6 cm³/mol. The van der Waals surface area contributed by atoms with Crippen LogP contribution in [-0.4, -0.2) is 34.5 Å². The first-order chi connectivity index (χ1) is 10.5. The average Bonchev–Trinajstić information content (AvgIpc) is 3.06. The predicted octanol–water partition coefficient (Wildman–Crippen LogP) is 2.36. The summed E-state index contributed by atoms with van der Waals surface area (Å²) in [6.07, 6.45) is 0.153. The number of benzene rings is 1. The molecule has 1 heterocycles. The average molecular weight is 331 g/mol. The van der Waals surface area contributed by atoms with Crippen molar-refractivity contribution >= 4 is 17.5 Å². The molecule has 0 aliphatic carbocycles. The van der Waals surface area contributed by atoms with Gasteiger partial charge >= 0.3 is 0 Å². The maximum atomic E-state index is 13.0. The lowest BCUT2D eigenvalue weighted by Gasteiger charge is -2.22. The molecule has 1 amide bonds. The van der Waals surface area contributed by atoms with Gasteiger partial charge < -0.3 is 14.9 Å². The van der Waals surface area contributed by atoms with Gasteiger partial charge in [-0.1, -0.05) is 41.0 Å². The van der Waals surface area contributed by atoms with E-state index in [0.29, 0.717) is 11.3 Å². The number of hydrogen-bond donors (Lipinski definition) is 2. The summed E-state index contributed by atoms with van der Waals surface area (Å²) in [6, 6.07) is 6.76. The highest BCUT2D eigenvalue weighted by Crippen LogP contribution is 2.23. The van der Waals surface area contributed by atoms with Crippen LogP contribution >= 0.6 is 11.6 Å². The van der Waals surface area contributed by atoms with E-state index in [2.05, 4.69) is 5.16 Å². The van der Waals surface area contributed by atoms with E-state index in [1.165, 1.54) is 6.20 Å². The van der Waals surface area contributed by atoms with Crippen LogP contribution in [0.2, 0.25) is 0 Å². The number of hydrogen-bond acceptors (Lipinski definition) is 4. The van der Waals surface area contributed by atoms with Crippen molar-refractivity contribution in [3.8, 4) is 11.3 Å². The first-order valence-electron chi connectivity index (χ1n) is 6.36. The minimum atomic E-state index is -2.30. The molecule has 0 aliphatic rings. The highest BCUT2D eigenvalue weighted by Gasteiger charge is 2.25. The molecular formula is C14H13ClF2N2O3. The summed E-state index contributed by atoms with van der Waals surface area (Å²) >= 11 is 4.96. The zero-order valence-corrected chi connectivity index (χ0v) is 12.0. The number of aliphatic hydroxyl groups is 1. The molecule has 3 unspecified atom stereocenters. The Labute approximate surface area is 129 Å². The molecule has 2 rings (SSSR count). The summed E-state index contributed by atoms with van der Waals surface area (Å²) < 4.78 is 30.5. The van der Waals surface area contributed by atoms with E-state index in [-0.39, 0.29) is 0 Å². The van der Waals surface area contributed by atoms with Gasteiger partial charge in [-0.3, -0.25) is 4.79 Å². The molecule has 118 valence electrons. The van der Waals surface area contributed by atoms with Crippen LogP contribution in [-0.2, 0) is 4.79 Å². The van der Waals surface area contributed by atoms with E-state index in [9.17, 15) is 18.7 Å². The number of aromatic nitrogens is 1. The summed E-state index contributed by atoms with van der Waals surface area (Å²) in [7, 11) is 0. The monoisotopic (exact) mass is 330 g/mol. The lowest BCUT2D eigenvalue weighted by atomic mass is 10.0. The number of carbonyl (C=O) groups is 1. The summed E-state index contributed by atoms with van der Waals surface area (Å²) in [5.74, 6) is -0.652. The van der Waals surface area contributed by atoms with Gasteiger partial charge in [0.15, 0.2) is 5.76 Å². The van der Waals surface area contributed by atoms with E-state index in [0.717, 1.165) is 5.56 Å². The fraction of sp³-hybridized carbons (Fsp3) is 0.286. The molecule has 0 fully saturated rings. The second kappa shape index (κ2) is 7.33. The highest BCUT2D eigenvalue weighted by atomic mass is 35.5.